The van der Waals surface area contributed by atoms with Crippen molar-refractivity contribution < 1.29 is 18.7 Å². The van der Waals surface area contributed by atoms with Crippen LogP contribution in [0.4, 0.5) is 15.8 Å². The lowest BCUT2D eigenvalue weighted by atomic mass is 9.83. The van der Waals surface area contributed by atoms with Crippen LogP contribution >= 0.6 is 0 Å². The fourth-order valence-electron chi connectivity index (χ4n) is 4.11. The summed E-state index contributed by atoms with van der Waals surface area (Å²) in [6.45, 7) is 1.67. The molecule has 7 heteroatoms. The zero-order chi connectivity index (χ0) is 19.8. The molecule has 0 saturated carbocycles. The Morgan fingerprint density at radius 2 is 1.96 bits per heavy atom. The van der Waals surface area contributed by atoms with Gasteiger partial charge in [0.1, 0.15) is 11.6 Å². The van der Waals surface area contributed by atoms with E-state index >= 15 is 0 Å². The lowest BCUT2D eigenvalue weighted by Crippen LogP contribution is -2.28. The number of rotatable bonds is 4. The van der Waals surface area contributed by atoms with E-state index in [1.807, 2.05) is 0 Å². The van der Waals surface area contributed by atoms with Gasteiger partial charge in [0, 0.05) is 31.1 Å². The summed E-state index contributed by atoms with van der Waals surface area (Å²) in [5.74, 6) is -1.17. The summed E-state index contributed by atoms with van der Waals surface area (Å²) in [6.07, 6.45) is 2.16. The highest BCUT2D eigenvalue weighted by Crippen LogP contribution is 2.42. The van der Waals surface area contributed by atoms with Crippen molar-refractivity contribution in [1.82, 2.24) is 0 Å². The van der Waals surface area contributed by atoms with Crippen molar-refractivity contribution in [1.29, 1.82) is 0 Å². The van der Waals surface area contributed by atoms with Gasteiger partial charge in [0.15, 0.2) is 0 Å². The second kappa shape index (κ2) is 7.14. The number of nitrogens with one attached hydrogen (secondary N) is 1. The highest BCUT2D eigenvalue weighted by Gasteiger charge is 2.31. The lowest BCUT2D eigenvalue weighted by molar-refractivity contribution is -0.116. The summed E-state index contributed by atoms with van der Waals surface area (Å²) in [4.78, 5) is 26.6. The Kier molecular flexibility index (Phi) is 4.66. The van der Waals surface area contributed by atoms with Crippen LogP contribution in [0.25, 0.3) is 0 Å². The zero-order valence-corrected chi connectivity index (χ0v) is 15.6. The predicted molar refractivity (Wildman–Crippen MR) is 104 cm³/mol. The average molecular weight is 383 g/mol. The predicted octanol–water partition coefficient (Wildman–Crippen LogP) is 3.01. The van der Waals surface area contributed by atoms with Crippen molar-refractivity contribution in [2.24, 2.45) is 5.73 Å². The first-order chi connectivity index (χ1) is 13.5. The van der Waals surface area contributed by atoms with Crippen molar-refractivity contribution in [2.75, 3.05) is 30.4 Å². The van der Waals surface area contributed by atoms with Gasteiger partial charge in [0.2, 0.25) is 5.91 Å². The average Bonchev–Trinajstić information content (AvgIpc) is 3.21. The minimum Gasteiger partial charge on any atom is -0.497 e. The number of anilines is 2. The van der Waals surface area contributed by atoms with Crippen LogP contribution < -0.4 is 20.7 Å². The summed E-state index contributed by atoms with van der Waals surface area (Å²) in [5, 5.41) is 2.87. The number of amides is 2. The molecule has 28 heavy (non-hydrogen) atoms. The smallest absolute Gasteiger partial charge is 0.250 e. The molecule has 146 valence electrons. The van der Waals surface area contributed by atoms with Crippen LogP contribution in [0.2, 0.25) is 0 Å². The summed E-state index contributed by atoms with van der Waals surface area (Å²) >= 11 is 0. The number of primary amides is 1. The maximum atomic E-state index is 14.6. The molecule has 0 aromatic heterocycles. The molecule has 1 fully saturated rings. The van der Waals surface area contributed by atoms with Crippen LogP contribution in [-0.4, -0.2) is 32.0 Å². The summed E-state index contributed by atoms with van der Waals surface area (Å²) in [7, 11) is 1.51. The number of hydrogen-bond donors (Lipinski definition) is 2. The molecule has 1 atom stereocenters. The molecule has 2 aliphatic rings. The zero-order valence-electron chi connectivity index (χ0n) is 15.6. The molecule has 0 aliphatic carbocycles. The van der Waals surface area contributed by atoms with Gasteiger partial charge >= 0.3 is 0 Å². The molecule has 2 aliphatic heterocycles. The number of hydrogen-bond acceptors (Lipinski definition) is 4. The van der Waals surface area contributed by atoms with Crippen LogP contribution in [0.1, 0.15) is 46.7 Å². The van der Waals surface area contributed by atoms with E-state index in [-0.39, 0.29) is 12.3 Å². The number of carbonyl (C=O) groups excluding carboxylic acids is 2. The van der Waals surface area contributed by atoms with Gasteiger partial charge < -0.3 is 20.7 Å². The number of methoxy groups -OCH3 is 1. The monoisotopic (exact) mass is 383 g/mol. The highest BCUT2D eigenvalue weighted by atomic mass is 19.1. The highest BCUT2D eigenvalue weighted by molar-refractivity contribution is 6.03. The summed E-state index contributed by atoms with van der Waals surface area (Å²) in [6, 6.07) is 7.96. The number of nitrogens with zero attached hydrogens (tertiary/aromatic N) is 1. The molecule has 1 unspecified atom stereocenters. The second-order valence-corrected chi connectivity index (χ2v) is 7.21. The number of ether oxygens (including phenoxy) is 1. The molecule has 2 aromatic rings. The molecule has 0 bridgehead atoms. The maximum absolute atomic E-state index is 14.6. The van der Waals surface area contributed by atoms with Gasteiger partial charge in [-0.3, -0.25) is 9.59 Å². The first-order valence-electron chi connectivity index (χ1n) is 9.34. The van der Waals surface area contributed by atoms with E-state index in [9.17, 15) is 14.0 Å². The standard InChI is InChI=1S/C21H22FN3O3/c1-28-12-4-5-17(22)14(8-12)13-10-20(26)24-18-11-19(25-6-2-3-7-25)16(21(23)27)9-15(13)18/h4-5,8-9,11,13H,2-3,6-7,10H2,1H3,(H2,23,27)(H,24,26). The molecule has 4 rings (SSSR count). The maximum Gasteiger partial charge on any atom is 0.250 e. The van der Waals surface area contributed by atoms with Crippen LogP contribution in [0.5, 0.6) is 5.75 Å². The number of carbonyl (C=O) groups is 2. The van der Waals surface area contributed by atoms with Gasteiger partial charge in [-0.2, -0.15) is 0 Å². The van der Waals surface area contributed by atoms with Crippen LogP contribution in [0.15, 0.2) is 30.3 Å². The van der Waals surface area contributed by atoms with E-state index < -0.39 is 17.6 Å². The Morgan fingerprint density at radius 3 is 2.64 bits per heavy atom. The van der Waals surface area contributed by atoms with Gasteiger partial charge in [-0.25, -0.2) is 4.39 Å². The van der Waals surface area contributed by atoms with Gasteiger partial charge in [0.25, 0.3) is 5.91 Å². The van der Waals surface area contributed by atoms with Crippen LogP contribution in [0.3, 0.4) is 0 Å². The molecular formula is C21H22FN3O3. The Bertz CT molecular complexity index is 954. The summed E-state index contributed by atoms with van der Waals surface area (Å²) < 4.78 is 19.8. The van der Waals surface area contributed by atoms with Gasteiger partial charge in [-0.15, -0.1) is 0 Å². The molecule has 3 N–H and O–H groups in total. The quantitative estimate of drug-likeness (QED) is 0.850. The van der Waals surface area contributed by atoms with Gasteiger partial charge in [-0.05, 0) is 54.3 Å². The largest absolute Gasteiger partial charge is 0.497 e. The van der Waals surface area contributed by atoms with E-state index in [1.165, 1.54) is 19.2 Å². The molecule has 2 amide bonds. The Hall–Kier alpha value is -3.09. The molecule has 6 nitrogen and oxygen atoms in total. The van der Waals surface area contributed by atoms with Gasteiger partial charge in [-0.1, -0.05) is 0 Å². The molecule has 0 radical (unpaired) electrons. The number of benzene rings is 2. The minimum absolute atomic E-state index is 0.0817. The van der Waals surface area contributed by atoms with E-state index in [2.05, 4.69) is 10.2 Å². The Labute approximate surface area is 162 Å². The second-order valence-electron chi connectivity index (χ2n) is 7.21. The topological polar surface area (TPSA) is 84.7 Å². The normalized spacial score (nSPS) is 18.6. The molecule has 2 aromatic carbocycles. The number of halogens is 1. The molecule has 1 saturated heterocycles. The SMILES string of the molecule is COc1ccc(F)c(C2CC(=O)Nc3cc(N4CCCC4)c(C(N)=O)cc32)c1. The fourth-order valence-corrected chi connectivity index (χ4v) is 4.11. The molecular weight excluding hydrogens is 361 g/mol. The molecule has 2 heterocycles. The van der Waals surface area contributed by atoms with Crippen molar-refractivity contribution in [3.8, 4) is 5.75 Å². The van der Waals surface area contributed by atoms with Crippen LogP contribution in [0, 0.1) is 5.82 Å². The van der Waals surface area contributed by atoms with Crippen LogP contribution in [-0.2, 0) is 4.79 Å². The first-order valence-corrected chi connectivity index (χ1v) is 9.34. The third kappa shape index (κ3) is 3.17. The Morgan fingerprint density at radius 1 is 1.21 bits per heavy atom. The van der Waals surface area contributed by atoms with Crippen molar-refractivity contribution in [3.05, 3.63) is 52.8 Å². The lowest BCUT2D eigenvalue weighted by Gasteiger charge is -2.30. The van der Waals surface area contributed by atoms with Crippen molar-refractivity contribution in [2.45, 2.75) is 25.2 Å². The summed E-state index contributed by atoms with van der Waals surface area (Å²) in [5.41, 5.74) is 8.40. The molecule has 0 spiro atoms. The van der Waals surface area contributed by atoms with Gasteiger partial charge in [0.05, 0.1) is 18.4 Å². The minimum atomic E-state index is -0.536. The third-order valence-electron chi connectivity index (χ3n) is 5.50. The van der Waals surface area contributed by atoms with Crippen molar-refractivity contribution >= 4 is 23.2 Å². The Balaban J connectivity index is 1.87. The third-order valence-corrected chi connectivity index (χ3v) is 5.50. The number of nitrogens with two attached hydrogens (primary N) is 1. The number of fused-ring (bicyclic) bond motifs is 1. The van der Waals surface area contributed by atoms with E-state index in [4.69, 9.17) is 10.5 Å². The first kappa shape index (κ1) is 18.3. The van der Waals surface area contributed by atoms with E-state index in [1.54, 1.807) is 18.2 Å². The van der Waals surface area contributed by atoms with E-state index in [0.717, 1.165) is 31.6 Å². The van der Waals surface area contributed by atoms with E-state index in [0.29, 0.717) is 28.1 Å². The fraction of sp³-hybridized carbons (Fsp3) is 0.333. The van der Waals surface area contributed by atoms with Crippen molar-refractivity contribution in [3.63, 3.8) is 0 Å².